The fraction of sp³-hybridized carbons (Fsp3) is 0.250. The average molecular weight is 323 g/mol. The molecule has 1 aromatic rings. The second-order valence-corrected chi connectivity index (χ2v) is 5.83. The zero-order chi connectivity index (χ0) is 15.3. The summed E-state index contributed by atoms with van der Waals surface area (Å²) in [5.41, 5.74) is 0. The SMILES string of the molecule is CCO/C=C(\C(=O)OC)S(=O)(=O)c1ccc(F)c(Cl)c1. The van der Waals surface area contributed by atoms with E-state index in [1.165, 1.54) is 0 Å². The minimum absolute atomic E-state index is 0.167. The lowest BCUT2D eigenvalue weighted by atomic mass is 10.3. The van der Waals surface area contributed by atoms with Crippen molar-refractivity contribution in [3.63, 3.8) is 0 Å². The monoisotopic (exact) mass is 322 g/mol. The zero-order valence-corrected chi connectivity index (χ0v) is 12.3. The van der Waals surface area contributed by atoms with Gasteiger partial charge in [0, 0.05) is 0 Å². The topological polar surface area (TPSA) is 69.7 Å². The largest absolute Gasteiger partial charge is 0.500 e. The van der Waals surface area contributed by atoms with Gasteiger partial charge >= 0.3 is 5.97 Å². The molecule has 0 aliphatic rings. The van der Waals surface area contributed by atoms with Crippen LogP contribution in [-0.2, 0) is 24.1 Å². The van der Waals surface area contributed by atoms with E-state index in [0.29, 0.717) is 0 Å². The van der Waals surface area contributed by atoms with E-state index >= 15 is 0 Å². The Balaban J connectivity index is 3.36. The van der Waals surface area contributed by atoms with Crippen molar-refractivity contribution in [2.24, 2.45) is 0 Å². The van der Waals surface area contributed by atoms with Gasteiger partial charge in [0.05, 0.1) is 23.6 Å². The number of carbonyl (C=O) groups is 1. The molecule has 1 rings (SSSR count). The molecule has 0 heterocycles. The second-order valence-electron chi connectivity index (χ2n) is 3.51. The smallest absolute Gasteiger partial charge is 0.353 e. The normalized spacial score (nSPS) is 12.1. The van der Waals surface area contributed by atoms with E-state index in [4.69, 9.17) is 16.3 Å². The molecule has 0 fully saturated rings. The van der Waals surface area contributed by atoms with Gasteiger partial charge in [-0.1, -0.05) is 11.6 Å². The summed E-state index contributed by atoms with van der Waals surface area (Å²) < 4.78 is 46.8. The molecule has 0 aliphatic carbocycles. The molecular formula is C12H12ClFO5S. The van der Waals surface area contributed by atoms with E-state index in [1.807, 2.05) is 0 Å². The fourth-order valence-electron chi connectivity index (χ4n) is 1.25. The summed E-state index contributed by atoms with van der Waals surface area (Å²) in [4.78, 5) is 10.5. The second kappa shape index (κ2) is 6.71. The highest BCUT2D eigenvalue weighted by molar-refractivity contribution is 7.96. The van der Waals surface area contributed by atoms with Gasteiger partial charge in [-0.2, -0.15) is 0 Å². The van der Waals surface area contributed by atoms with Crippen molar-refractivity contribution in [1.82, 2.24) is 0 Å². The van der Waals surface area contributed by atoms with Crippen molar-refractivity contribution >= 4 is 27.4 Å². The third-order valence-corrected chi connectivity index (χ3v) is 4.24. The predicted molar refractivity (Wildman–Crippen MR) is 70.3 cm³/mol. The number of hydrogen-bond donors (Lipinski definition) is 0. The van der Waals surface area contributed by atoms with Gasteiger partial charge in [-0.05, 0) is 25.1 Å². The van der Waals surface area contributed by atoms with Gasteiger partial charge in [0.1, 0.15) is 12.1 Å². The van der Waals surface area contributed by atoms with Gasteiger partial charge in [-0.15, -0.1) is 0 Å². The molecule has 0 N–H and O–H groups in total. The number of ether oxygens (including phenoxy) is 2. The third kappa shape index (κ3) is 3.49. The Hall–Kier alpha value is -1.60. The van der Waals surface area contributed by atoms with E-state index in [0.717, 1.165) is 31.6 Å². The van der Waals surface area contributed by atoms with Gasteiger partial charge in [0.15, 0.2) is 4.91 Å². The number of esters is 1. The number of carbonyl (C=O) groups excluding carboxylic acids is 1. The molecule has 8 heteroatoms. The van der Waals surface area contributed by atoms with Crippen LogP contribution in [0.1, 0.15) is 6.92 Å². The van der Waals surface area contributed by atoms with Gasteiger partial charge in [-0.3, -0.25) is 0 Å². The van der Waals surface area contributed by atoms with E-state index in [1.54, 1.807) is 6.92 Å². The van der Waals surface area contributed by atoms with E-state index in [9.17, 15) is 17.6 Å². The van der Waals surface area contributed by atoms with Crippen LogP contribution in [0.15, 0.2) is 34.3 Å². The highest BCUT2D eigenvalue weighted by atomic mass is 35.5. The molecule has 0 amide bonds. The molecule has 0 atom stereocenters. The first-order valence-electron chi connectivity index (χ1n) is 5.44. The molecule has 110 valence electrons. The summed E-state index contributed by atoms with van der Waals surface area (Å²) in [6, 6.07) is 2.80. The lowest BCUT2D eigenvalue weighted by Gasteiger charge is -2.08. The Morgan fingerprint density at radius 3 is 2.60 bits per heavy atom. The lowest BCUT2D eigenvalue weighted by molar-refractivity contribution is -0.135. The van der Waals surface area contributed by atoms with Crippen LogP contribution in [0.25, 0.3) is 0 Å². The van der Waals surface area contributed by atoms with Crippen molar-refractivity contribution in [3.05, 3.63) is 40.2 Å². The number of benzene rings is 1. The van der Waals surface area contributed by atoms with Crippen LogP contribution in [0.5, 0.6) is 0 Å². The molecule has 0 spiro atoms. The van der Waals surface area contributed by atoms with Crippen LogP contribution in [0.3, 0.4) is 0 Å². The van der Waals surface area contributed by atoms with Crippen LogP contribution in [0.2, 0.25) is 5.02 Å². The summed E-state index contributed by atoms with van der Waals surface area (Å²) in [5, 5.41) is -0.369. The average Bonchev–Trinajstić information content (AvgIpc) is 2.41. The van der Waals surface area contributed by atoms with Crippen LogP contribution >= 0.6 is 11.6 Å². The summed E-state index contributed by atoms with van der Waals surface area (Å²) in [5.74, 6) is -1.85. The maximum absolute atomic E-state index is 13.1. The number of halogens is 2. The van der Waals surface area contributed by atoms with Gasteiger partial charge in [0.2, 0.25) is 9.84 Å². The van der Waals surface area contributed by atoms with Crippen LogP contribution in [0, 0.1) is 5.82 Å². The Bertz CT molecular complexity index is 639. The van der Waals surface area contributed by atoms with Crippen LogP contribution in [0.4, 0.5) is 4.39 Å². The molecular weight excluding hydrogens is 311 g/mol. The Labute approximate surface area is 120 Å². The molecule has 20 heavy (non-hydrogen) atoms. The first kappa shape index (κ1) is 16.5. The number of methoxy groups -OCH3 is 1. The van der Waals surface area contributed by atoms with Crippen molar-refractivity contribution in [1.29, 1.82) is 0 Å². The van der Waals surface area contributed by atoms with E-state index < -0.39 is 26.5 Å². The summed E-state index contributed by atoms with van der Waals surface area (Å²) in [6.45, 7) is 1.78. The molecule has 0 aliphatic heterocycles. The summed E-state index contributed by atoms with van der Waals surface area (Å²) in [6.07, 6.45) is 0.790. The van der Waals surface area contributed by atoms with Crippen molar-refractivity contribution in [2.75, 3.05) is 13.7 Å². The summed E-state index contributed by atoms with van der Waals surface area (Å²) in [7, 11) is -3.18. The van der Waals surface area contributed by atoms with E-state index in [2.05, 4.69) is 4.74 Å². The molecule has 0 radical (unpaired) electrons. The molecule has 0 bridgehead atoms. The molecule has 5 nitrogen and oxygen atoms in total. The number of hydrogen-bond acceptors (Lipinski definition) is 5. The van der Waals surface area contributed by atoms with Crippen molar-refractivity contribution in [3.8, 4) is 0 Å². The van der Waals surface area contributed by atoms with Gasteiger partial charge < -0.3 is 9.47 Å². The van der Waals surface area contributed by atoms with Crippen LogP contribution in [-0.4, -0.2) is 28.1 Å². The molecule has 1 aromatic carbocycles. The molecule has 0 saturated heterocycles. The van der Waals surface area contributed by atoms with Crippen molar-refractivity contribution in [2.45, 2.75) is 11.8 Å². The molecule has 0 aromatic heterocycles. The number of sulfone groups is 1. The highest BCUT2D eigenvalue weighted by Gasteiger charge is 2.29. The third-order valence-electron chi connectivity index (χ3n) is 2.23. The lowest BCUT2D eigenvalue weighted by Crippen LogP contribution is -2.16. The molecule has 0 saturated carbocycles. The van der Waals surface area contributed by atoms with Gasteiger partial charge in [-0.25, -0.2) is 17.6 Å². The van der Waals surface area contributed by atoms with Gasteiger partial charge in [0.25, 0.3) is 0 Å². The van der Waals surface area contributed by atoms with E-state index in [-0.39, 0.29) is 16.5 Å². The Morgan fingerprint density at radius 1 is 1.45 bits per heavy atom. The van der Waals surface area contributed by atoms with Crippen LogP contribution < -0.4 is 0 Å². The highest BCUT2D eigenvalue weighted by Crippen LogP contribution is 2.25. The Morgan fingerprint density at radius 2 is 2.10 bits per heavy atom. The quantitative estimate of drug-likeness (QED) is 0.360. The maximum Gasteiger partial charge on any atom is 0.353 e. The summed E-state index contributed by atoms with van der Waals surface area (Å²) >= 11 is 5.54. The molecule has 0 unspecified atom stereocenters. The number of rotatable bonds is 5. The predicted octanol–water partition coefficient (Wildman–Crippen LogP) is 2.30. The standard InChI is InChI=1S/C12H12ClFO5S/c1-3-19-7-11(12(15)18-2)20(16,17)8-4-5-10(14)9(13)6-8/h4-7H,3H2,1-2H3/b11-7+. The zero-order valence-electron chi connectivity index (χ0n) is 10.7. The first-order chi connectivity index (χ1) is 9.34. The first-order valence-corrected chi connectivity index (χ1v) is 7.31. The minimum Gasteiger partial charge on any atom is -0.500 e. The maximum atomic E-state index is 13.1. The fourth-order valence-corrected chi connectivity index (χ4v) is 2.77. The Kier molecular flexibility index (Phi) is 5.52. The van der Waals surface area contributed by atoms with Crippen molar-refractivity contribution < 1.29 is 27.1 Å². The minimum atomic E-state index is -4.21.